The van der Waals surface area contributed by atoms with Crippen LogP contribution in [0.3, 0.4) is 0 Å². The Labute approximate surface area is 100 Å². The van der Waals surface area contributed by atoms with Gasteiger partial charge in [-0.3, -0.25) is 0 Å². The summed E-state index contributed by atoms with van der Waals surface area (Å²) in [5.74, 6) is -0.171. The molecule has 0 radical (unpaired) electrons. The Morgan fingerprint density at radius 3 is 2.76 bits per heavy atom. The number of fused-ring (bicyclic) bond motifs is 1. The molecule has 0 fully saturated rings. The maximum atomic E-state index is 12.8. The summed E-state index contributed by atoms with van der Waals surface area (Å²) in [5, 5.41) is 3.36. The summed E-state index contributed by atoms with van der Waals surface area (Å²) < 4.78 is 15.2. The van der Waals surface area contributed by atoms with Crippen molar-refractivity contribution in [1.29, 1.82) is 0 Å². The third kappa shape index (κ3) is 2.11. The van der Waals surface area contributed by atoms with Gasteiger partial charge in [0.05, 0.1) is 0 Å². The highest BCUT2D eigenvalue weighted by Crippen LogP contribution is 2.16. The molecule has 3 heteroatoms. The van der Waals surface area contributed by atoms with Gasteiger partial charge < -0.3 is 9.88 Å². The summed E-state index contributed by atoms with van der Waals surface area (Å²) in [7, 11) is 0. The lowest BCUT2D eigenvalue weighted by molar-refractivity contribution is 0.506. The van der Waals surface area contributed by atoms with E-state index < -0.39 is 0 Å². The van der Waals surface area contributed by atoms with E-state index in [2.05, 4.69) is 22.0 Å². The number of hydrogen-bond donors (Lipinski definition) is 1. The molecule has 1 N–H and O–H groups in total. The SMILES string of the molecule is Fc1ccc(Cc2ccc3n2CCNC3)cc1. The molecule has 2 aromatic rings. The fourth-order valence-corrected chi connectivity index (χ4v) is 2.37. The zero-order valence-corrected chi connectivity index (χ0v) is 9.62. The van der Waals surface area contributed by atoms with Gasteiger partial charge in [0, 0.05) is 37.4 Å². The van der Waals surface area contributed by atoms with Crippen molar-refractivity contribution in [3.63, 3.8) is 0 Å². The highest BCUT2D eigenvalue weighted by molar-refractivity contribution is 5.26. The lowest BCUT2D eigenvalue weighted by atomic mass is 10.1. The van der Waals surface area contributed by atoms with E-state index in [9.17, 15) is 4.39 Å². The van der Waals surface area contributed by atoms with Crippen LogP contribution in [0, 0.1) is 5.82 Å². The molecule has 0 saturated carbocycles. The lowest BCUT2D eigenvalue weighted by Gasteiger charge is -2.19. The third-order valence-corrected chi connectivity index (χ3v) is 3.28. The zero-order chi connectivity index (χ0) is 11.7. The van der Waals surface area contributed by atoms with Gasteiger partial charge in [-0.15, -0.1) is 0 Å². The van der Waals surface area contributed by atoms with Crippen LogP contribution in [-0.4, -0.2) is 11.1 Å². The van der Waals surface area contributed by atoms with Gasteiger partial charge in [-0.1, -0.05) is 12.1 Å². The predicted molar refractivity (Wildman–Crippen MR) is 65.3 cm³/mol. The Bertz CT molecular complexity index is 514. The number of benzene rings is 1. The Hall–Kier alpha value is -1.61. The summed E-state index contributed by atoms with van der Waals surface area (Å²) in [4.78, 5) is 0. The molecule has 0 unspecified atom stereocenters. The maximum Gasteiger partial charge on any atom is 0.123 e. The molecule has 1 aromatic heterocycles. The minimum absolute atomic E-state index is 0.171. The number of aromatic nitrogens is 1. The monoisotopic (exact) mass is 230 g/mol. The van der Waals surface area contributed by atoms with Crippen molar-refractivity contribution in [2.75, 3.05) is 6.54 Å². The van der Waals surface area contributed by atoms with Crippen LogP contribution in [-0.2, 0) is 19.5 Å². The van der Waals surface area contributed by atoms with Crippen molar-refractivity contribution >= 4 is 0 Å². The molecule has 0 spiro atoms. The smallest absolute Gasteiger partial charge is 0.123 e. The molecule has 3 rings (SSSR count). The molecule has 2 heterocycles. The molecule has 0 aliphatic carbocycles. The summed E-state index contributed by atoms with van der Waals surface area (Å²) >= 11 is 0. The summed E-state index contributed by atoms with van der Waals surface area (Å²) in [5.41, 5.74) is 3.81. The standard InChI is InChI=1S/C14H15FN2/c15-12-3-1-11(2-4-12)9-13-5-6-14-10-16-7-8-17(13)14/h1-6,16H,7-10H2. The first-order valence-corrected chi connectivity index (χ1v) is 5.95. The topological polar surface area (TPSA) is 17.0 Å². The Morgan fingerprint density at radius 1 is 1.12 bits per heavy atom. The van der Waals surface area contributed by atoms with Crippen LogP contribution < -0.4 is 5.32 Å². The first-order chi connectivity index (χ1) is 8.33. The quantitative estimate of drug-likeness (QED) is 0.837. The molecule has 0 amide bonds. The van der Waals surface area contributed by atoms with Gasteiger partial charge in [0.2, 0.25) is 0 Å². The molecule has 1 aromatic carbocycles. The largest absolute Gasteiger partial charge is 0.346 e. The Morgan fingerprint density at radius 2 is 1.94 bits per heavy atom. The van der Waals surface area contributed by atoms with Gasteiger partial charge in [-0.2, -0.15) is 0 Å². The molecule has 88 valence electrons. The van der Waals surface area contributed by atoms with Gasteiger partial charge in [0.15, 0.2) is 0 Å². The van der Waals surface area contributed by atoms with Crippen LogP contribution in [0.5, 0.6) is 0 Å². The van der Waals surface area contributed by atoms with Gasteiger partial charge >= 0.3 is 0 Å². The highest BCUT2D eigenvalue weighted by atomic mass is 19.1. The molecule has 1 aliphatic heterocycles. The Kier molecular flexibility index (Phi) is 2.69. The second kappa shape index (κ2) is 4.34. The minimum Gasteiger partial charge on any atom is -0.346 e. The van der Waals surface area contributed by atoms with E-state index in [1.54, 1.807) is 0 Å². The average Bonchev–Trinajstić information content (AvgIpc) is 2.76. The molecule has 0 saturated heterocycles. The summed E-state index contributed by atoms with van der Waals surface area (Å²) in [6.45, 7) is 3.00. The third-order valence-electron chi connectivity index (χ3n) is 3.28. The first kappa shape index (κ1) is 10.5. The Balaban J connectivity index is 1.85. The van der Waals surface area contributed by atoms with E-state index in [-0.39, 0.29) is 5.82 Å². The first-order valence-electron chi connectivity index (χ1n) is 5.95. The molecule has 2 nitrogen and oxygen atoms in total. The van der Waals surface area contributed by atoms with Crippen molar-refractivity contribution in [3.8, 4) is 0 Å². The normalized spacial score (nSPS) is 14.6. The molecule has 1 aliphatic rings. The molecular formula is C14H15FN2. The average molecular weight is 230 g/mol. The predicted octanol–water partition coefficient (Wildman–Crippen LogP) is 2.32. The summed E-state index contributed by atoms with van der Waals surface area (Å²) in [6.07, 6.45) is 0.875. The summed E-state index contributed by atoms with van der Waals surface area (Å²) in [6, 6.07) is 11.1. The number of nitrogens with zero attached hydrogens (tertiary/aromatic N) is 1. The molecule has 0 atom stereocenters. The van der Waals surface area contributed by atoms with Crippen molar-refractivity contribution < 1.29 is 4.39 Å². The van der Waals surface area contributed by atoms with Crippen LogP contribution in [0.15, 0.2) is 36.4 Å². The fourth-order valence-electron chi connectivity index (χ4n) is 2.37. The second-order valence-electron chi connectivity index (χ2n) is 4.45. The van der Waals surface area contributed by atoms with Crippen molar-refractivity contribution in [1.82, 2.24) is 9.88 Å². The maximum absolute atomic E-state index is 12.8. The second-order valence-corrected chi connectivity index (χ2v) is 4.45. The number of nitrogens with one attached hydrogen (secondary N) is 1. The van der Waals surface area contributed by atoms with E-state index in [1.807, 2.05) is 12.1 Å². The van der Waals surface area contributed by atoms with Crippen molar-refractivity contribution in [2.24, 2.45) is 0 Å². The zero-order valence-electron chi connectivity index (χ0n) is 9.62. The van der Waals surface area contributed by atoms with Crippen molar-refractivity contribution in [2.45, 2.75) is 19.5 Å². The van der Waals surface area contributed by atoms with Crippen LogP contribution in [0.1, 0.15) is 17.0 Å². The van der Waals surface area contributed by atoms with Gasteiger partial charge in [-0.25, -0.2) is 4.39 Å². The molecule has 17 heavy (non-hydrogen) atoms. The number of rotatable bonds is 2. The molecular weight excluding hydrogens is 215 g/mol. The van der Waals surface area contributed by atoms with Gasteiger partial charge in [0.25, 0.3) is 0 Å². The van der Waals surface area contributed by atoms with Gasteiger partial charge in [0.1, 0.15) is 5.82 Å². The van der Waals surface area contributed by atoms with E-state index in [0.29, 0.717) is 0 Å². The van der Waals surface area contributed by atoms with E-state index in [1.165, 1.54) is 23.5 Å². The van der Waals surface area contributed by atoms with E-state index >= 15 is 0 Å². The van der Waals surface area contributed by atoms with Crippen LogP contribution >= 0.6 is 0 Å². The van der Waals surface area contributed by atoms with Gasteiger partial charge in [-0.05, 0) is 29.8 Å². The van der Waals surface area contributed by atoms with Crippen molar-refractivity contribution in [3.05, 3.63) is 59.2 Å². The number of hydrogen-bond acceptors (Lipinski definition) is 1. The minimum atomic E-state index is -0.171. The van der Waals surface area contributed by atoms with E-state index in [4.69, 9.17) is 0 Å². The fraction of sp³-hybridized carbons (Fsp3) is 0.286. The molecule has 0 bridgehead atoms. The van der Waals surface area contributed by atoms with Crippen LogP contribution in [0.25, 0.3) is 0 Å². The highest BCUT2D eigenvalue weighted by Gasteiger charge is 2.11. The van der Waals surface area contributed by atoms with Crippen LogP contribution in [0.4, 0.5) is 4.39 Å². The lowest BCUT2D eigenvalue weighted by Crippen LogP contribution is -2.28. The van der Waals surface area contributed by atoms with E-state index in [0.717, 1.165) is 31.6 Å². The van der Waals surface area contributed by atoms with Crippen LogP contribution in [0.2, 0.25) is 0 Å². The number of halogens is 1.